The lowest BCUT2D eigenvalue weighted by Crippen LogP contribution is -2.40. The topological polar surface area (TPSA) is 51.0 Å². The van der Waals surface area contributed by atoms with Crippen molar-refractivity contribution in [2.45, 2.75) is 32.7 Å². The summed E-state index contributed by atoms with van der Waals surface area (Å²) in [4.78, 5) is 18.6. The summed E-state index contributed by atoms with van der Waals surface area (Å²) in [6.45, 7) is 5.62. The molecule has 1 saturated heterocycles. The summed E-state index contributed by atoms with van der Waals surface area (Å²) < 4.78 is 1.86. The maximum Gasteiger partial charge on any atom is 0.253 e. The van der Waals surface area contributed by atoms with E-state index in [2.05, 4.69) is 17.0 Å². The normalized spacial score (nSPS) is 18.8. The van der Waals surface area contributed by atoms with E-state index in [4.69, 9.17) is 0 Å². The molecule has 0 radical (unpaired) electrons. The number of hydrogen-bond donors (Lipinski definition) is 0. The van der Waals surface area contributed by atoms with Crippen LogP contribution in [-0.4, -0.2) is 38.7 Å². The molecular weight excluding hydrogens is 264 g/mol. The third-order valence-electron chi connectivity index (χ3n) is 4.25. The first-order valence-corrected chi connectivity index (χ1v) is 7.36. The Morgan fingerprint density at radius 3 is 2.86 bits per heavy atom. The number of hydrogen-bond acceptors (Lipinski definition) is 3. The van der Waals surface area contributed by atoms with Crippen molar-refractivity contribution in [3.8, 4) is 0 Å². The number of aryl methyl sites for hydroxylation is 2. The molecule has 2 aromatic rings. The van der Waals surface area contributed by atoms with Crippen LogP contribution in [0, 0.1) is 13.8 Å². The zero-order valence-corrected chi connectivity index (χ0v) is 12.5. The van der Waals surface area contributed by atoms with Gasteiger partial charge in [-0.15, -0.1) is 0 Å². The van der Waals surface area contributed by atoms with Crippen LogP contribution >= 0.6 is 0 Å². The van der Waals surface area contributed by atoms with E-state index in [0.29, 0.717) is 6.54 Å². The van der Waals surface area contributed by atoms with Crippen LogP contribution in [0.2, 0.25) is 0 Å². The molecule has 1 fully saturated rings. The molecular formula is C16H20N4O. The Balaban J connectivity index is 1.76. The fraction of sp³-hybridized carbons (Fsp3) is 0.438. The highest BCUT2D eigenvalue weighted by molar-refractivity contribution is 5.94. The van der Waals surface area contributed by atoms with Gasteiger partial charge in [0.25, 0.3) is 5.91 Å². The van der Waals surface area contributed by atoms with Gasteiger partial charge in [0.1, 0.15) is 12.7 Å². The molecule has 1 aromatic heterocycles. The van der Waals surface area contributed by atoms with E-state index in [9.17, 15) is 4.79 Å². The predicted molar refractivity (Wildman–Crippen MR) is 80.1 cm³/mol. The molecule has 0 N–H and O–H groups in total. The summed E-state index contributed by atoms with van der Waals surface area (Å²) in [7, 11) is 0. The molecule has 0 unspecified atom stereocenters. The van der Waals surface area contributed by atoms with Crippen LogP contribution in [0.5, 0.6) is 0 Å². The Labute approximate surface area is 124 Å². The fourth-order valence-electron chi connectivity index (χ4n) is 2.82. The number of likely N-dealkylation sites (tertiary alicyclic amines) is 1. The predicted octanol–water partition coefficient (Wildman–Crippen LogP) is 2.37. The van der Waals surface area contributed by atoms with Crippen LogP contribution in [0.4, 0.5) is 0 Å². The minimum Gasteiger partial charge on any atom is -0.337 e. The number of carbonyl (C=O) groups excluding carboxylic acids is 1. The number of nitrogens with zero attached hydrogens (tertiary/aromatic N) is 4. The van der Waals surface area contributed by atoms with Gasteiger partial charge in [-0.1, -0.05) is 6.07 Å². The zero-order valence-electron chi connectivity index (χ0n) is 12.5. The quantitative estimate of drug-likeness (QED) is 0.850. The van der Waals surface area contributed by atoms with Gasteiger partial charge in [-0.2, -0.15) is 5.10 Å². The van der Waals surface area contributed by atoms with E-state index < -0.39 is 0 Å². The van der Waals surface area contributed by atoms with Crippen molar-refractivity contribution in [2.75, 3.05) is 13.1 Å². The summed E-state index contributed by atoms with van der Waals surface area (Å²) in [5.41, 5.74) is 3.15. The van der Waals surface area contributed by atoms with Gasteiger partial charge >= 0.3 is 0 Å². The van der Waals surface area contributed by atoms with Gasteiger partial charge in [-0.3, -0.25) is 4.79 Å². The van der Waals surface area contributed by atoms with Crippen LogP contribution in [0.3, 0.4) is 0 Å². The molecule has 110 valence electrons. The van der Waals surface area contributed by atoms with Crippen molar-refractivity contribution < 1.29 is 4.79 Å². The van der Waals surface area contributed by atoms with Crippen molar-refractivity contribution in [1.82, 2.24) is 19.7 Å². The standard InChI is InChI=1S/C16H20N4O/c1-12-5-6-14(8-13(12)2)16(21)19-7-3-4-15(9-19)20-11-17-10-18-20/h5-6,8,10-11,15H,3-4,7,9H2,1-2H3/t15-/m0/s1. The second kappa shape index (κ2) is 5.68. The van der Waals surface area contributed by atoms with Crippen LogP contribution in [0.15, 0.2) is 30.9 Å². The van der Waals surface area contributed by atoms with Gasteiger partial charge in [0.15, 0.2) is 0 Å². The average molecular weight is 284 g/mol. The van der Waals surface area contributed by atoms with E-state index >= 15 is 0 Å². The van der Waals surface area contributed by atoms with Crippen LogP contribution in [0.1, 0.15) is 40.4 Å². The highest BCUT2D eigenvalue weighted by Gasteiger charge is 2.25. The Bertz CT molecular complexity index is 636. The average Bonchev–Trinajstić information content (AvgIpc) is 3.04. The molecule has 0 aliphatic carbocycles. The maximum atomic E-state index is 12.7. The van der Waals surface area contributed by atoms with E-state index in [1.165, 1.54) is 5.56 Å². The summed E-state index contributed by atoms with van der Waals surface area (Å²) in [6.07, 6.45) is 5.32. The van der Waals surface area contributed by atoms with Gasteiger partial charge in [0, 0.05) is 18.7 Å². The van der Waals surface area contributed by atoms with Crippen molar-refractivity contribution in [2.24, 2.45) is 0 Å². The molecule has 5 nitrogen and oxygen atoms in total. The van der Waals surface area contributed by atoms with Crippen LogP contribution < -0.4 is 0 Å². The monoisotopic (exact) mass is 284 g/mol. The Morgan fingerprint density at radius 1 is 1.29 bits per heavy atom. The van der Waals surface area contributed by atoms with E-state index in [-0.39, 0.29) is 11.9 Å². The minimum atomic E-state index is 0.114. The highest BCUT2D eigenvalue weighted by Crippen LogP contribution is 2.22. The van der Waals surface area contributed by atoms with E-state index in [0.717, 1.165) is 30.5 Å². The number of aromatic nitrogens is 3. The lowest BCUT2D eigenvalue weighted by atomic mass is 10.0. The smallest absolute Gasteiger partial charge is 0.253 e. The summed E-state index contributed by atoms with van der Waals surface area (Å²) >= 11 is 0. The molecule has 0 saturated carbocycles. The van der Waals surface area contributed by atoms with Gasteiger partial charge in [-0.25, -0.2) is 9.67 Å². The fourth-order valence-corrected chi connectivity index (χ4v) is 2.82. The van der Waals surface area contributed by atoms with Crippen molar-refractivity contribution >= 4 is 5.91 Å². The van der Waals surface area contributed by atoms with Crippen LogP contribution in [-0.2, 0) is 0 Å². The number of carbonyl (C=O) groups is 1. The van der Waals surface area contributed by atoms with Gasteiger partial charge in [0.05, 0.1) is 6.04 Å². The molecule has 0 spiro atoms. The molecule has 21 heavy (non-hydrogen) atoms. The molecule has 1 atom stereocenters. The number of rotatable bonds is 2. The molecule has 1 aliphatic rings. The van der Waals surface area contributed by atoms with Gasteiger partial charge in [-0.05, 0) is 49.9 Å². The Morgan fingerprint density at radius 2 is 2.14 bits per heavy atom. The second-order valence-electron chi connectivity index (χ2n) is 5.72. The molecule has 2 heterocycles. The Hall–Kier alpha value is -2.17. The van der Waals surface area contributed by atoms with Gasteiger partial charge < -0.3 is 4.90 Å². The SMILES string of the molecule is Cc1ccc(C(=O)N2CCC[C@H](n3cncn3)C2)cc1C. The largest absolute Gasteiger partial charge is 0.337 e. The van der Waals surface area contributed by atoms with Crippen molar-refractivity contribution in [1.29, 1.82) is 0 Å². The summed E-state index contributed by atoms with van der Waals surface area (Å²) in [5, 5.41) is 4.20. The molecule has 3 rings (SSSR count). The molecule has 1 aromatic carbocycles. The Kier molecular flexibility index (Phi) is 3.73. The number of piperidine rings is 1. The first-order valence-electron chi connectivity index (χ1n) is 7.36. The first-order chi connectivity index (χ1) is 10.1. The molecule has 5 heteroatoms. The first kappa shape index (κ1) is 13.8. The third-order valence-corrected chi connectivity index (χ3v) is 4.25. The number of benzene rings is 1. The van der Waals surface area contributed by atoms with E-state index in [1.54, 1.807) is 12.7 Å². The minimum absolute atomic E-state index is 0.114. The summed E-state index contributed by atoms with van der Waals surface area (Å²) in [5.74, 6) is 0.114. The van der Waals surface area contributed by atoms with Crippen molar-refractivity contribution in [3.63, 3.8) is 0 Å². The highest BCUT2D eigenvalue weighted by atomic mass is 16.2. The molecule has 1 amide bonds. The third kappa shape index (κ3) is 2.82. The maximum absolute atomic E-state index is 12.7. The molecule has 0 bridgehead atoms. The van der Waals surface area contributed by atoms with Gasteiger partial charge in [0.2, 0.25) is 0 Å². The van der Waals surface area contributed by atoms with E-state index in [1.807, 2.05) is 34.7 Å². The second-order valence-corrected chi connectivity index (χ2v) is 5.72. The summed E-state index contributed by atoms with van der Waals surface area (Å²) in [6, 6.07) is 6.15. The zero-order chi connectivity index (χ0) is 14.8. The van der Waals surface area contributed by atoms with Crippen molar-refractivity contribution in [3.05, 3.63) is 47.5 Å². The molecule has 1 aliphatic heterocycles. The lowest BCUT2D eigenvalue weighted by molar-refractivity contribution is 0.0672. The lowest BCUT2D eigenvalue weighted by Gasteiger charge is -2.32. The van der Waals surface area contributed by atoms with Crippen LogP contribution in [0.25, 0.3) is 0 Å². The number of amides is 1.